The maximum absolute atomic E-state index is 14.3. The molecule has 3 rings (SSSR count). The molecule has 2 atom stereocenters. The number of amides is 1. The molecule has 0 unspecified atom stereocenters. The van der Waals surface area contributed by atoms with E-state index < -0.39 is 11.8 Å². The fourth-order valence-electron chi connectivity index (χ4n) is 2.80. The predicted octanol–water partition coefficient (Wildman–Crippen LogP) is 3.21. The minimum absolute atomic E-state index is 0.195. The van der Waals surface area contributed by atoms with Crippen LogP contribution in [0.5, 0.6) is 0 Å². The molecule has 2 heterocycles. The van der Waals surface area contributed by atoms with E-state index in [9.17, 15) is 13.6 Å². The number of alkyl halides is 2. The second-order valence-electron chi connectivity index (χ2n) is 5.78. The lowest BCUT2D eigenvalue weighted by atomic mass is 9.97. The molecule has 1 aliphatic rings. The Morgan fingerprint density at radius 3 is 2.58 bits per heavy atom. The fourth-order valence-corrected chi connectivity index (χ4v) is 2.80. The number of hydrogen-bond acceptors (Lipinski definition) is 3. The number of nitrogens with one attached hydrogen (secondary N) is 1. The van der Waals surface area contributed by atoms with Crippen molar-refractivity contribution in [2.45, 2.75) is 30.9 Å². The van der Waals surface area contributed by atoms with Gasteiger partial charge in [-0.1, -0.05) is 30.3 Å². The zero-order chi connectivity index (χ0) is 17.0. The standard InChI is InChI=1S/C18H18F2N2O2/c19-18(20,14-6-9-21-10-7-14)17(23)22-15-8-11-24-16(12-15)13-4-2-1-3-5-13/h1-7,9-10,15-16H,8,11-12H2,(H,22,23)/t15-,16+/m0/s1. The molecular formula is C18H18F2N2O2. The summed E-state index contributed by atoms with van der Waals surface area (Å²) in [6, 6.07) is 11.5. The number of halogens is 2. The molecule has 1 aromatic heterocycles. The Labute approximate surface area is 138 Å². The van der Waals surface area contributed by atoms with Gasteiger partial charge in [0.15, 0.2) is 0 Å². The summed E-state index contributed by atoms with van der Waals surface area (Å²) in [5.74, 6) is -4.86. The van der Waals surface area contributed by atoms with E-state index in [0.29, 0.717) is 19.4 Å². The van der Waals surface area contributed by atoms with Crippen LogP contribution in [0.3, 0.4) is 0 Å². The summed E-state index contributed by atoms with van der Waals surface area (Å²) in [7, 11) is 0. The molecule has 2 aromatic rings. The van der Waals surface area contributed by atoms with Gasteiger partial charge < -0.3 is 10.1 Å². The molecule has 1 aromatic carbocycles. The minimum atomic E-state index is -3.58. The van der Waals surface area contributed by atoms with E-state index in [1.54, 1.807) is 0 Å². The summed E-state index contributed by atoms with van der Waals surface area (Å²) in [4.78, 5) is 15.8. The molecule has 6 heteroatoms. The molecule has 1 N–H and O–H groups in total. The SMILES string of the molecule is O=C(N[C@H]1CCO[C@@H](c2ccccc2)C1)C(F)(F)c1ccncc1. The number of hydrogen-bond donors (Lipinski definition) is 1. The summed E-state index contributed by atoms with van der Waals surface area (Å²) in [6.45, 7) is 0.422. The average Bonchev–Trinajstić information content (AvgIpc) is 2.63. The molecule has 0 spiro atoms. The smallest absolute Gasteiger partial charge is 0.349 e. The number of aromatic nitrogens is 1. The predicted molar refractivity (Wildman–Crippen MR) is 84.4 cm³/mol. The Balaban J connectivity index is 1.66. The summed E-state index contributed by atoms with van der Waals surface area (Å²) >= 11 is 0. The van der Waals surface area contributed by atoms with Crippen LogP contribution in [0.2, 0.25) is 0 Å². The zero-order valence-corrected chi connectivity index (χ0v) is 13.0. The molecule has 1 aliphatic heterocycles. The van der Waals surface area contributed by atoms with Gasteiger partial charge in [0, 0.05) is 30.6 Å². The Morgan fingerprint density at radius 2 is 1.88 bits per heavy atom. The van der Waals surface area contributed by atoms with Crippen molar-refractivity contribution in [1.29, 1.82) is 0 Å². The van der Waals surface area contributed by atoms with Crippen LogP contribution in [0.1, 0.15) is 30.1 Å². The van der Waals surface area contributed by atoms with E-state index in [0.717, 1.165) is 17.7 Å². The zero-order valence-electron chi connectivity index (χ0n) is 13.0. The van der Waals surface area contributed by atoms with E-state index >= 15 is 0 Å². The fraction of sp³-hybridized carbons (Fsp3) is 0.333. The van der Waals surface area contributed by atoms with Crippen molar-refractivity contribution in [3.05, 3.63) is 66.0 Å². The Bertz CT molecular complexity index is 680. The number of ether oxygens (including phenoxy) is 1. The van der Waals surface area contributed by atoms with Gasteiger partial charge in [-0.3, -0.25) is 9.78 Å². The minimum Gasteiger partial charge on any atom is -0.373 e. The second-order valence-corrected chi connectivity index (χ2v) is 5.78. The molecule has 0 bridgehead atoms. The van der Waals surface area contributed by atoms with E-state index in [1.165, 1.54) is 12.4 Å². The molecule has 1 saturated heterocycles. The maximum Gasteiger partial charge on any atom is 0.349 e. The van der Waals surface area contributed by atoms with E-state index in [2.05, 4.69) is 10.3 Å². The van der Waals surface area contributed by atoms with E-state index in [4.69, 9.17) is 4.74 Å². The first kappa shape index (κ1) is 16.5. The molecule has 24 heavy (non-hydrogen) atoms. The highest BCUT2D eigenvalue weighted by molar-refractivity contribution is 5.84. The van der Waals surface area contributed by atoms with Gasteiger partial charge in [-0.15, -0.1) is 0 Å². The Kier molecular flexibility index (Phi) is 4.85. The molecule has 1 amide bonds. The van der Waals surface area contributed by atoms with Crippen molar-refractivity contribution < 1.29 is 18.3 Å². The van der Waals surface area contributed by atoms with Crippen molar-refractivity contribution in [3.63, 3.8) is 0 Å². The van der Waals surface area contributed by atoms with Crippen LogP contribution in [0.4, 0.5) is 8.78 Å². The highest BCUT2D eigenvalue weighted by Gasteiger charge is 2.42. The summed E-state index contributed by atoms with van der Waals surface area (Å²) in [6.07, 6.45) is 3.29. The van der Waals surface area contributed by atoms with Gasteiger partial charge in [0.25, 0.3) is 5.91 Å². The molecule has 0 aliphatic carbocycles. The van der Waals surface area contributed by atoms with Crippen LogP contribution in [0.25, 0.3) is 0 Å². The molecule has 126 valence electrons. The number of pyridine rings is 1. The highest BCUT2D eigenvalue weighted by atomic mass is 19.3. The third kappa shape index (κ3) is 3.59. The lowest BCUT2D eigenvalue weighted by Gasteiger charge is -2.31. The quantitative estimate of drug-likeness (QED) is 0.935. The third-order valence-corrected chi connectivity index (χ3v) is 4.12. The third-order valence-electron chi connectivity index (χ3n) is 4.12. The monoisotopic (exact) mass is 332 g/mol. The first-order chi connectivity index (χ1) is 11.6. The van der Waals surface area contributed by atoms with Gasteiger partial charge in [-0.05, 0) is 30.5 Å². The van der Waals surface area contributed by atoms with E-state index in [1.807, 2.05) is 30.3 Å². The largest absolute Gasteiger partial charge is 0.373 e. The molecule has 1 fully saturated rings. The molecule has 0 saturated carbocycles. The number of benzene rings is 1. The van der Waals surface area contributed by atoms with Crippen LogP contribution in [0, 0.1) is 0 Å². The van der Waals surface area contributed by atoms with Crippen molar-refractivity contribution in [3.8, 4) is 0 Å². The maximum atomic E-state index is 14.3. The Hall–Kier alpha value is -2.34. The van der Waals surface area contributed by atoms with Crippen LogP contribution in [-0.4, -0.2) is 23.5 Å². The van der Waals surface area contributed by atoms with Crippen molar-refractivity contribution in [2.24, 2.45) is 0 Å². The lowest BCUT2D eigenvalue weighted by Crippen LogP contribution is -2.46. The normalized spacial score (nSPS) is 21.2. The van der Waals surface area contributed by atoms with Crippen molar-refractivity contribution in [2.75, 3.05) is 6.61 Å². The number of nitrogens with zero attached hydrogens (tertiary/aromatic N) is 1. The van der Waals surface area contributed by atoms with E-state index in [-0.39, 0.29) is 17.7 Å². The van der Waals surface area contributed by atoms with Crippen LogP contribution in [0.15, 0.2) is 54.9 Å². The van der Waals surface area contributed by atoms with Gasteiger partial charge in [0.1, 0.15) is 0 Å². The highest BCUT2D eigenvalue weighted by Crippen LogP contribution is 2.31. The van der Waals surface area contributed by atoms with Gasteiger partial charge >= 0.3 is 5.92 Å². The average molecular weight is 332 g/mol. The van der Waals surface area contributed by atoms with Gasteiger partial charge in [0.2, 0.25) is 0 Å². The first-order valence-corrected chi connectivity index (χ1v) is 7.83. The lowest BCUT2D eigenvalue weighted by molar-refractivity contribution is -0.148. The number of carbonyl (C=O) groups excluding carboxylic acids is 1. The number of rotatable bonds is 4. The van der Waals surface area contributed by atoms with Crippen LogP contribution in [-0.2, 0) is 15.5 Å². The van der Waals surface area contributed by atoms with Crippen LogP contribution >= 0.6 is 0 Å². The summed E-state index contributed by atoms with van der Waals surface area (Å²) < 4.78 is 34.2. The van der Waals surface area contributed by atoms with Gasteiger partial charge in [-0.25, -0.2) is 0 Å². The Morgan fingerprint density at radius 1 is 1.17 bits per heavy atom. The van der Waals surface area contributed by atoms with Gasteiger partial charge in [0.05, 0.1) is 6.10 Å². The molecule has 4 nitrogen and oxygen atoms in total. The number of carbonyl (C=O) groups is 1. The van der Waals surface area contributed by atoms with Crippen molar-refractivity contribution >= 4 is 5.91 Å². The second kappa shape index (κ2) is 7.05. The molecule has 0 radical (unpaired) electrons. The topological polar surface area (TPSA) is 51.2 Å². The van der Waals surface area contributed by atoms with Crippen molar-refractivity contribution in [1.82, 2.24) is 10.3 Å². The first-order valence-electron chi connectivity index (χ1n) is 7.83. The summed E-state index contributed by atoms with van der Waals surface area (Å²) in [5.41, 5.74) is 0.624. The van der Waals surface area contributed by atoms with Crippen LogP contribution < -0.4 is 5.32 Å². The van der Waals surface area contributed by atoms with Gasteiger partial charge in [-0.2, -0.15) is 8.78 Å². The molecular weight excluding hydrogens is 314 g/mol. The summed E-state index contributed by atoms with van der Waals surface area (Å²) in [5, 5.41) is 2.47.